The first-order valence-electron chi connectivity index (χ1n) is 4.66. The van der Waals surface area contributed by atoms with Crippen LogP contribution in [0.25, 0.3) is 0 Å². The Bertz CT molecular complexity index is 338. The average molecular weight is 230 g/mol. The second-order valence-corrected chi connectivity index (χ2v) is 3.39. The minimum atomic E-state index is -0.404. The minimum Gasteiger partial charge on any atom is -0.478 e. The quantitative estimate of drug-likeness (QED) is 0.616. The van der Waals surface area contributed by atoms with Crippen LogP contribution in [0.3, 0.4) is 0 Å². The summed E-state index contributed by atoms with van der Waals surface area (Å²) >= 11 is 1.37. The Hall–Kier alpha value is -1.17. The van der Waals surface area contributed by atoms with Crippen LogP contribution in [0, 0.1) is 0 Å². The summed E-state index contributed by atoms with van der Waals surface area (Å²) in [7, 11) is 0. The molecule has 0 radical (unpaired) electrons. The predicted octanol–water partition coefficient (Wildman–Crippen LogP) is 1.71. The lowest BCUT2D eigenvalue weighted by Crippen LogP contribution is -2.07. The van der Waals surface area contributed by atoms with Gasteiger partial charge < -0.3 is 9.47 Å². The molecule has 0 atom stereocenters. The molecule has 0 saturated heterocycles. The maximum atomic E-state index is 11.6. The molecule has 0 aliphatic carbocycles. The number of carbonyl (C=O) groups excluding carboxylic acids is 1. The van der Waals surface area contributed by atoms with Crippen molar-refractivity contribution in [3.8, 4) is 5.88 Å². The van der Waals surface area contributed by atoms with Crippen LogP contribution in [0.2, 0.25) is 0 Å². The van der Waals surface area contributed by atoms with Gasteiger partial charge in [-0.1, -0.05) is 0 Å². The van der Waals surface area contributed by atoms with Crippen molar-refractivity contribution in [3.05, 3.63) is 5.56 Å². The van der Waals surface area contributed by atoms with Crippen molar-refractivity contribution in [3.63, 3.8) is 0 Å². The van der Waals surface area contributed by atoms with Crippen LogP contribution >= 0.6 is 11.8 Å². The first-order chi connectivity index (χ1) is 7.24. The fourth-order valence-electron chi connectivity index (χ4n) is 1.09. The lowest BCUT2D eigenvalue weighted by atomic mass is 10.3. The maximum Gasteiger partial charge on any atom is 0.346 e. The summed E-state index contributed by atoms with van der Waals surface area (Å²) < 4.78 is 10.2. The van der Waals surface area contributed by atoms with Gasteiger partial charge in [0.25, 0.3) is 0 Å². The molecule has 5 nitrogen and oxygen atoms in total. The van der Waals surface area contributed by atoms with Crippen molar-refractivity contribution in [2.24, 2.45) is 0 Å². The van der Waals surface area contributed by atoms with Gasteiger partial charge in [-0.3, -0.25) is 0 Å². The van der Waals surface area contributed by atoms with Crippen LogP contribution < -0.4 is 4.74 Å². The van der Waals surface area contributed by atoms with E-state index in [9.17, 15) is 4.79 Å². The third-order valence-corrected chi connectivity index (χ3v) is 2.34. The molecular formula is C9H14N2O3S. The number of thioether (sulfide) groups is 1. The highest BCUT2D eigenvalue weighted by atomic mass is 32.2. The van der Waals surface area contributed by atoms with Gasteiger partial charge in [0.05, 0.1) is 13.2 Å². The molecule has 0 unspecified atom stereocenters. The third kappa shape index (κ3) is 2.65. The Morgan fingerprint density at radius 1 is 1.47 bits per heavy atom. The number of nitrogens with one attached hydrogen (secondary N) is 1. The van der Waals surface area contributed by atoms with Crippen molar-refractivity contribution in [1.82, 2.24) is 10.2 Å². The maximum absolute atomic E-state index is 11.6. The van der Waals surface area contributed by atoms with Gasteiger partial charge in [0.15, 0.2) is 5.56 Å². The van der Waals surface area contributed by atoms with Gasteiger partial charge in [-0.15, -0.1) is 11.8 Å². The zero-order valence-corrected chi connectivity index (χ0v) is 9.81. The number of ether oxygens (including phenoxy) is 2. The molecule has 1 N–H and O–H groups in total. The SMILES string of the molecule is CCOC(=O)c1c(SC)n[nH]c1OCC. The Labute approximate surface area is 92.5 Å². The lowest BCUT2D eigenvalue weighted by molar-refractivity contribution is 0.0518. The van der Waals surface area contributed by atoms with E-state index in [0.29, 0.717) is 29.7 Å². The van der Waals surface area contributed by atoms with E-state index < -0.39 is 5.97 Å². The summed E-state index contributed by atoms with van der Waals surface area (Å²) in [6, 6.07) is 0. The van der Waals surface area contributed by atoms with E-state index in [2.05, 4.69) is 10.2 Å². The summed E-state index contributed by atoms with van der Waals surface area (Å²) in [6.45, 7) is 4.41. The molecule has 1 aromatic rings. The summed E-state index contributed by atoms with van der Waals surface area (Å²) in [5.74, 6) is -0.0284. The molecule has 84 valence electrons. The van der Waals surface area contributed by atoms with E-state index >= 15 is 0 Å². The number of hydrogen-bond donors (Lipinski definition) is 1. The average Bonchev–Trinajstić information content (AvgIpc) is 2.62. The van der Waals surface area contributed by atoms with Crippen LogP contribution in [0.4, 0.5) is 0 Å². The molecule has 0 fully saturated rings. The summed E-state index contributed by atoms with van der Waals surface area (Å²) in [5, 5.41) is 7.23. The number of esters is 1. The largest absolute Gasteiger partial charge is 0.478 e. The second kappa shape index (κ2) is 5.65. The first kappa shape index (κ1) is 11.9. The van der Waals surface area contributed by atoms with Crippen molar-refractivity contribution < 1.29 is 14.3 Å². The van der Waals surface area contributed by atoms with Crippen molar-refractivity contribution in [2.45, 2.75) is 18.9 Å². The number of aromatic nitrogens is 2. The van der Waals surface area contributed by atoms with Gasteiger partial charge >= 0.3 is 5.97 Å². The Balaban J connectivity index is 2.98. The number of nitrogens with zero attached hydrogens (tertiary/aromatic N) is 1. The van der Waals surface area contributed by atoms with Gasteiger partial charge in [-0.25, -0.2) is 9.89 Å². The fourth-order valence-corrected chi connectivity index (χ4v) is 1.61. The minimum absolute atomic E-state index is 0.337. The van der Waals surface area contributed by atoms with E-state index in [0.717, 1.165) is 0 Å². The molecule has 15 heavy (non-hydrogen) atoms. The summed E-state index contributed by atoms with van der Waals surface area (Å²) in [4.78, 5) is 11.6. The normalized spacial score (nSPS) is 10.1. The van der Waals surface area contributed by atoms with Gasteiger partial charge in [-0.05, 0) is 20.1 Å². The van der Waals surface area contributed by atoms with Crippen molar-refractivity contribution >= 4 is 17.7 Å². The highest BCUT2D eigenvalue weighted by molar-refractivity contribution is 7.98. The second-order valence-electron chi connectivity index (χ2n) is 2.59. The third-order valence-electron chi connectivity index (χ3n) is 1.66. The number of hydrogen-bond acceptors (Lipinski definition) is 5. The molecule has 1 rings (SSSR count). The van der Waals surface area contributed by atoms with Crippen LogP contribution in [-0.2, 0) is 4.74 Å². The molecular weight excluding hydrogens is 216 g/mol. The Kier molecular flexibility index (Phi) is 4.48. The topological polar surface area (TPSA) is 64.2 Å². The van der Waals surface area contributed by atoms with E-state index in [-0.39, 0.29) is 0 Å². The number of carbonyl (C=O) groups is 1. The number of H-pyrrole nitrogens is 1. The molecule has 0 bridgehead atoms. The lowest BCUT2D eigenvalue weighted by Gasteiger charge is -2.04. The standard InChI is InChI=1S/C9H14N2O3S/c1-4-13-7-6(9(12)14-5-2)8(15-3)11-10-7/h4-5H2,1-3H3,(H,10,11). The summed E-state index contributed by atoms with van der Waals surface area (Å²) in [6.07, 6.45) is 1.84. The highest BCUT2D eigenvalue weighted by Gasteiger charge is 2.22. The molecule has 0 spiro atoms. The number of rotatable bonds is 5. The van der Waals surface area contributed by atoms with Crippen LogP contribution in [-0.4, -0.2) is 35.6 Å². The predicted molar refractivity (Wildman–Crippen MR) is 57.5 cm³/mol. The highest BCUT2D eigenvalue weighted by Crippen LogP contribution is 2.26. The summed E-state index contributed by atoms with van der Waals surface area (Å²) in [5.41, 5.74) is 0.381. The number of aromatic amines is 1. The van der Waals surface area contributed by atoms with Gasteiger partial charge in [-0.2, -0.15) is 5.10 Å². The Morgan fingerprint density at radius 3 is 2.73 bits per heavy atom. The monoisotopic (exact) mass is 230 g/mol. The van der Waals surface area contributed by atoms with Gasteiger partial charge in [0.1, 0.15) is 5.03 Å². The van der Waals surface area contributed by atoms with Crippen LogP contribution in [0.1, 0.15) is 24.2 Å². The van der Waals surface area contributed by atoms with E-state index in [4.69, 9.17) is 9.47 Å². The molecule has 1 aromatic heterocycles. The Morgan fingerprint density at radius 2 is 2.20 bits per heavy atom. The zero-order chi connectivity index (χ0) is 11.3. The molecule has 6 heteroatoms. The van der Waals surface area contributed by atoms with Gasteiger partial charge in [0, 0.05) is 0 Å². The molecule has 0 aliphatic heterocycles. The van der Waals surface area contributed by atoms with E-state index in [1.165, 1.54) is 11.8 Å². The van der Waals surface area contributed by atoms with E-state index in [1.807, 2.05) is 13.2 Å². The smallest absolute Gasteiger partial charge is 0.346 e. The van der Waals surface area contributed by atoms with E-state index in [1.54, 1.807) is 6.92 Å². The van der Waals surface area contributed by atoms with Gasteiger partial charge in [0.2, 0.25) is 5.88 Å². The molecule has 0 saturated carbocycles. The fraction of sp³-hybridized carbons (Fsp3) is 0.556. The van der Waals surface area contributed by atoms with Crippen LogP contribution in [0.15, 0.2) is 5.03 Å². The molecule has 0 aromatic carbocycles. The zero-order valence-electron chi connectivity index (χ0n) is 8.99. The molecule has 0 amide bonds. The van der Waals surface area contributed by atoms with Crippen molar-refractivity contribution in [2.75, 3.05) is 19.5 Å². The van der Waals surface area contributed by atoms with Crippen LogP contribution in [0.5, 0.6) is 5.88 Å². The molecule has 0 aliphatic rings. The molecule has 1 heterocycles. The van der Waals surface area contributed by atoms with Crippen molar-refractivity contribution in [1.29, 1.82) is 0 Å². The first-order valence-corrected chi connectivity index (χ1v) is 5.89.